The molecule has 0 saturated carbocycles. The van der Waals surface area contributed by atoms with E-state index >= 15 is 0 Å². The van der Waals surface area contributed by atoms with Crippen molar-refractivity contribution in [2.75, 3.05) is 5.75 Å². The fourth-order valence-corrected chi connectivity index (χ4v) is 2.76. The number of aryl methyl sites for hydroxylation is 1. The summed E-state index contributed by atoms with van der Waals surface area (Å²) < 4.78 is 0. The van der Waals surface area contributed by atoms with Crippen LogP contribution in [-0.2, 0) is 6.42 Å². The first-order valence-electron chi connectivity index (χ1n) is 6.53. The van der Waals surface area contributed by atoms with Crippen molar-refractivity contribution in [2.45, 2.75) is 24.7 Å². The summed E-state index contributed by atoms with van der Waals surface area (Å²) in [5.74, 6) is 1.25. The molecule has 1 nitrogen and oxygen atoms in total. The Labute approximate surface area is 119 Å². The van der Waals surface area contributed by atoms with E-state index in [1.165, 1.54) is 10.5 Å². The molecule has 0 bridgehead atoms. The second kappa shape index (κ2) is 7.15. The van der Waals surface area contributed by atoms with Crippen molar-refractivity contribution >= 4 is 17.5 Å². The smallest absolute Gasteiger partial charge is 0.159 e. The van der Waals surface area contributed by atoms with Crippen LogP contribution in [0.25, 0.3) is 0 Å². The second-order valence-electron chi connectivity index (χ2n) is 4.52. The highest BCUT2D eigenvalue weighted by molar-refractivity contribution is 7.99. The van der Waals surface area contributed by atoms with Crippen molar-refractivity contribution in [2.24, 2.45) is 0 Å². The van der Waals surface area contributed by atoms with E-state index < -0.39 is 0 Å². The lowest BCUT2D eigenvalue weighted by molar-refractivity contribution is 0.101. The number of hydrogen-bond donors (Lipinski definition) is 0. The molecule has 0 heterocycles. The molecule has 0 atom stereocenters. The predicted molar refractivity (Wildman–Crippen MR) is 81.9 cm³/mol. The van der Waals surface area contributed by atoms with Gasteiger partial charge in [-0.15, -0.1) is 11.8 Å². The summed E-state index contributed by atoms with van der Waals surface area (Å²) in [7, 11) is 0. The summed E-state index contributed by atoms with van der Waals surface area (Å²) in [4.78, 5) is 12.5. The standard InChI is InChI=1S/C17H18OS/c1-14(18)16-11-9-15(10-12-16)6-5-13-19-17-7-3-2-4-8-17/h2-4,7-12H,5-6,13H2,1H3. The molecular formula is C17H18OS. The fourth-order valence-electron chi connectivity index (χ4n) is 1.89. The normalized spacial score (nSPS) is 10.4. The molecule has 0 fully saturated rings. The molecule has 19 heavy (non-hydrogen) atoms. The molecule has 2 heteroatoms. The summed E-state index contributed by atoms with van der Waals surface area (Å²) in [6.45, 7) is 1.60. The summed E-state index contributed by atoms with van der Waals surface area (Å²) >= 11 is 1.89. The summed E-state index contributed by atoms with van der Waals surface area (Å²) in [5.41, 5.74) is 2.10. The van der Waals surface area contributed by atoms with Gasteiger partial charge in [-0.05, 0) is 43.2 Å². The number of carbonyl (C=O) groups excluding carboxylic acids is 1. The van der Waals surface area contributed by atoms with E-state index in [0.717, 1.165) is 24.2 Å². The third kappa shape index (κ3) is 4.56. The fraction of sp³-hybridized carbons (Fsp3) is 0.235. The van der Waals surface area contributed by atoms with Crippen molar-refractivity contribution in [3.8, 4) is 0 Å². The number of carbonyl (C=O) groups is 1. The average Bonchev–Trinajstić information content (AvgIpc) is 2.45. The molecule has 0 aliphatic rings. The highest BCUT2D eigenvalue weighted by atomic mass is 32.2. The van der Waals surface area contributed by atoms with Gasteiger partial charge in [0.05, 0.1) is 0 Å². The molecule has 2 aromatic rings. The van der Waals surface area contributed by atoms with Gasteiger partial charge in [0.2, 0.25) is 0 Å². The lowest BCUT2D eigenvalue weighted by Gasteiger charge is -2.03. The van der Waals surface area contributed by atoms with Gasteiger partial charge < -0.3 is 0 Å². The zero-order chi connectivity index (χ0) is 13.5. The minimum atomic E-state index is 0.131. The SMILES string of the molecule is CC(=O)c1ccc(CCCSc2ccccc2)cc1. The van der Waals surface area contributed by atoms with Crippen LogP contribution in [0.15, 0.2) is 59.5 Å². The molecular weight excluding hydrogens is 252 g/mol. The van der Waals surface area contributed by atoms with E-state index in [4.69, 9.17) is 0 Å². The first-order valence-corrected chi connectivity index (χ1v) is 7.52. The monoisotopic (exact) mass is 270 g/mol. The molecule has 0 radical (unpaired) electrons. The lowest BCUT2D eigenvalue weighted by atomic mass is 10.1. The number of hydrogen-bond acceptors (Lipinski definition) is 2. The minimum Gasteiger partial charge on any atom is -0.295 e. The van der Waals surface area contributed by atoms with Crippen LogP contribution in [0.3, 0.4) is 0 Å². The molecule has 0 unspecified atom stereocenters. The Bertz CT molecular complexity index is 517. The maximum absolute atomic E-state index is 11.2. The van der Waals surface area contributed by atoms with Gasteiger partial charge >= 0.3 is 0 Å². The van der Waals surface area contributed by atoms with Crippen LogP contribution in [0.4, 0.5) is 0 Å². The Kier molecular flexibility index (Phi) is 5.22. The van der Waals surface area contributed by atoms with E-state index in [-0.39, 0.29) is 5.78 Å². The third-order valence-corrected chi connectivity index (χ3v) is 4.08. The largest absolute Gasteiger partial charge is 0.295 e. The van der Waals surface area contributed by atoms with E-state index in [1.54, 1.807) is 6.92 Å². The zero-order valence-electron chi connectivity index (χ0n) is 11.1. The van der Waals surface area contributed by atoms with Gasteiger partial charge in [-0.2, -0.15) is 0 Å². The molecule has 0 N–H and O–H groups in total. The Morgan fingerprint density at radius 3 is 2.32 bits per heavy atom. The van der Waals surface area contributed by atoms with Crippen LogP contribution >= 0.6 is 11.8 Å². The van der Waals surface area contributed by atoms with Gasteiger partial charge in [0.1, 0.15) is 0 Å². The average molecular weight is 270 g/mol. The molecule has 2 aromatic carbocycles. The number of benzene rings is 2. The van der Waals surface area contributed by atoms with Crippen molar-refractivity contribution in [1.29, 1.82) is 0 Å². The van der Waals surface area contributed by atoms with Crippen LogP contribution in [0, 0.1) is 0 Å². The lowest BCUT2D eigenvalue weighted by Crippen LogP contribution is -1.93. The Balaban J connectivity index is 1.75. The molecule has 0 amide bonds. The van der Waals surface area contributed by atoms with Gasteiger partial charge in [-0.1, -0.05) is 42.5 Å². The van der Waals surface area contributed by atoms with Gasteiger partial charge in [-0.25, -0.2) is 0 Å². The molecule has 0 saturated heterocycles. The minimum absolute atomic E-state index is 0.131. The van der Waals surface area contributed by atoms with Crippen molar-refractivity contribution in [1.82, 2.24) is 0 Å². The molecule has 2 rings (SSSR count). The molecule has 0 aromatic heterocycles. The highest BCUT2D eigenvalue weighted by Crippen LogP contribution is 2.18. The topological polar surface area (TPSA) is 17.1 Å². The van der Waals surface area contributed by atoms with Crippen molar-refractivity contribution < 1.29 is 4.79 Å². The van der Waals surface area contributed by atoms with Crippen LogP contribution in [-0.4, -0.2) is 11.5 Å². The molecule has 0 aliphatic carbocycles. The quantitative estimate of drug-likeness (QED) is 0.433. The Morgan fingerprint density at radius 1 is 1.00 bits per heavy atom. The predicted octanol–water partition coefficient (Wildman–Crippen LogP) is 4.61. The van der Waals surface area contributed by atoms with Crippen LogP contribution in [0.1, 0.15) is 29.3 Å². The first-order chi connectivity index (χ1) is 9.25. The molecule has 98 valence electrons. The molecule has 0 spiro atoms. The third-order valence-electron chi connectivity index (χ3n) is 2.98. The van der Waals surface area contributed by atoms with Gasteiger partial charge in [0, 0.05) is 10.5 Å². The highest BCUT2D eigenvalue weighted by Gasteiger charge is 1.99. The van der Waals surface area contributed by atoms with Gasteiger partial charge in [-0.3, -0.25) is 4.79 Å². The van der Waals surface area contributed by atoms with Crippen molar-refractivity contribution in [3.63, 3.8) is 0 Å². The van der Waals surface area contributed by atoms with E-state index in [1.807, 2.05) is 30.0 Å². The number of rotatable bonds is 6. The van der Waals surface area contributed by atoms with Gasteiger partial charge in [0.25, 0.3) is 0 Å². The van der Waals surface area contributed by atoms with E-state index in [9.17, 15) is 4.79 Å². The molecule has 0 aliphatic heterocycles. The maximum atomic E-state index is 11.2. The van der Waals surface area contributed by atoms with E-state index in [2.05, 4.69) is 36.4 Å². The number of ketones is 1. The zero-order valence-corrected chi connectivity index (χ0v) is 12.0. The van der Waals surface area contributed by atoms with Crippen LogP contribution in [0.5, 0.6) is 0 Å². The van der Waals surface area contributed by atoms with Crippen LogP contribution < -0.4 is 0 Å². The summed E-state index contributed by atoms with van der Waals surface area (Å²) in [6, 6.07) is 18.4. The Morgan fingerprint density at radius 2 is 1.68 bits per heavy atom. The maximum Gasteiger partial charge on any atom is 0.159 e. The van der Waals surface area contributed by atoms with Crippen molar-refractivity contribution in [3.05, 3.63) is 65.7 Å². The second-order valence-corrected chi connectivity index (χ2v) is 5.69. The number of thioether (sulfide) groups is 1. The summed E-state index contributed by atoms with van der Waals surface area (Å²) in [6.07, 6.45) is 2.22. The summed E-state index contributed by atoms with van der Waals surface area (Å²) in [5, 5.41) is 0. The number of Topliss-reactive ketones (excluding diaryl/α,β-unsaturated/α-hetero) is 1. The van der Waals surface area contributed by atoms with Gasteiger partial charge in [0.15, 0.2) is 5.78 Å². The first kappa shape index (κ1) is 13.9. The van der Waals surface area contributed by atoms with E-state index in [0.29, 0.717) is 0 Å². The van der Waals surface area contributed by atoms with Crippen LogP contribution in [0.2, 0.25) is 0 Å². The Hall–Kier alpha value is -1.54.